The molecule has 0 aromatic carbocycles. The number of hydrogen-bond acceptors (Lipinski definition) is 3. The third-order valence-corrected chi connectivity index (χ3v) is 5.13. The van der Waals surface area contributed by atoms with Crippen LogP contribution in [0.3, 0.4) is 0 Å². The average molecular weight is 452 g/mol. The highest BCUT2D eigenvalue weighted by atomic mass is 127. The second-order valence-corrected chi connectivity index (χ2v) is 7.81. The van der Waals surface area contributed by atoms with Crippen molar-refractivity contribution in [2.75, 3.05) is 59.5 Å². The number of nitrogens with one attached hydrogen (secondary N) is 1. The first-order valence-corrected chi connectivity index (χ1v) is 9.28. The molecule has 6 heteroatoms. The van der Waals surface area contributed by atoms with E-state index in [0.717, 1.165) is 51.2 Å². The summed E-state index contributed by atoms with van der Waals surface area (Å²) in [6.07, 6.45) is 3.78. The number of hydrogen-bond donors (Lipinski definition) is 1. The second kappa shape index (κ2) is 10.8. The van der Waals surface area contributed by atoms with Crippen molar-refractivity contribution in [3.8, 4) is 0 Å². The summed E-state index contributed by atoms with van der Waals surface area (Å²) in [6.45, 7) is 15.3. The van der Waals surface area contributed by atoms with Gasteiger partial charge >= 0.3 is 0 Å². The lowest BCUT2D eigenvalue weighted by Gasteiger charge is -2.31. The molecule has 0 spiro atoms. The van der Waals surface area contributed by atoms with Crippen molar-refractivity contribution in [1.29, 1.82) is 0 Å². The molecule has 0 amide bonds. The van der Waals surface area contributed by atoms with Crippen molar-refractivity contribution < 1.29 is 4.74 Å². The summed E-state index contributed by atoms with van der Waals surface area (Å²) in [5.41, 5.74) is 0.420. The van der Waals surface area contributed by atoms with Gasteiger partial charge < -0.3 is 19.9 Å². The Morgan fingerprint density at radius 3 is 2.50 bits per heavy atom. The number of nitrogens with zero attached hydrogens (tertiary/aromatic N) is 3. The molecule has 0 saturated carbocycles. The third kappa shape index (κ3) is 7.04. The molecule has 1 N–H and O–H groups in total. The van der Waals surface area contributed by atoms with Crippen LogP contribution >= 0.6 is 24.0 Å². The van der Waals surface area contributed by atoms with Gasteiger partial charge in [-0.25, -0.2) is 0 Å². The topological polar surface area (TPSA) is 40.1 Å². The number of piperidine rings is 1. The van der Waals surface area contributed by atoms with Crippen LogP contribution in [0.15, 0.2) is 4.99 Å². The van der Waals surface area contributed by atoms with E-state index in [1.54, 1.807) is 7.11 Å². The normalized spacial score (nSPS) is 22.5. The zero-order valence-electron chi connectivity index (χ0n) is 16.0. The molecule has 0 aromatic heterocycles. The summed E-state index contributed by atoms with van der Waals surface area (Å²) >= 11 is 0. The molecule has 142 valence electrons. The van der Waals surface area contributed by atoms with E-state index in [9.17, 15) is 0 Å². The van der Waals surface area contributed by atoms with Gasteiger partial charge in [-0.1, -0.05) is 13.8 Å². The Morgan fingerprint density at radius 1 is 1.25 bits per heavy atom. The SMILES string of the molecule is CCNC(=NCC1CCN(CCOC)CC1)N1CCC(C)(C)C1.I. The van der Waals surface area contributed by atoms with Crippen LogP contribution in [0.4, 0.5) is 0 Å². The molecule has 0 aromatic rings. The zero-order chi connectivity index (χ0) is 16.7. The van der Waals surface area contributed by atoms with E-state index in [2.05, 4.69) is 35.9 Å². The molecule has 5 nitrogen and oxygen atoms in total. The Kier molecular flexibility index (Phi) is 9.89. The average Bonchev–Trinajstić information content (AvgIpc) is 2.90. The molecule has 0 bridgehead atoms. The summed E-state index contributed by atoms with van der Waals surface area (Å²) in [7, 11) is 1.78. The van der Waals surface area contributed by atoms with Crippen LogP contribution in [0.2, 0.25) is 0 Å². The first-order valence-electron chi connectivity index (χ1n) is 9.28. The van der Waals surface area contributed by atoms with Gasteiger partial charge in [-0.3, -0.25) is 4.99 Å². The highest BCUT2D eigenvalue weighted by Gasteiger charge is 2.31. The predicted octanol–water partition coefficient (Wildman–Crippen LogP) is 2.66. The van der Waals surface area contributed by atoms with Crippen molar-refractivity contribution >= 4 is 29.9 Å². The molecule has 2 saturated heterocycles. The summed E-state index contributed by atoms with van der Waals surface area (Å²) < 4.78 is 5.17. The summed E-state index contributed by atoms with van der Waals surface area (Å²) in [5.74, 6) is 1.86. The first kappa shape index (κ1) is 22.0. The van der Waals surface area contributed by atoms with Gasteiger partial charge in [0.2, 0.25) is 0 Å². The number of methoxy groups -OCH3 is 1. The lowest BCUT2D eigenvalue weighted by Crippen LogP contribution is -2.41. The molecule has 2 aliphatic rings. The standard InChI is InChI=1S/C18H36N4O.HI/c1-5-19-17(22-11-8-18(2,3)15-22)20-14-16-6-9-21(10-7-16)12-13-23-4;/h16H,5-15H2,1-4H3,(H,19,20);1H. The van der Waals surface area contributed by atoms with Crippen molar-refractivity contribution in [3.05, 3.63) is 0 Å². The molecule has 2 fully saturated rings. The van der Waals surface area contributed by atoms with Gasteiger partial charge in [0.1, 0.15) is 0 Å². The van der Waals surface area contributed by atoms with Gasteiger partial charge in [0, 0.05) is 39.8 Å². The maximum Gasteiger partial charge on any atom is 0.193 e. The molecule has 0 atom stereocenters. The molecular formula is C18H37IN4O. The van der Waals surface area contributed by atoms with Crippen molar-refractivity contribution in [3.63, 3.8) is 0 Å². The Hall–Kier alpha value is -0.0800. The van der Waals surface area contributed by atoms with Crippen LogP contribution in [-0.2, 0) is 4.74 Å². The van der Waals surface area contributed by atoms with Gasteiger partial charge in [-0.2, -0.15) is 0 Å². The first-order chi connectivity index (χ1) is 11.0. The van der Waals surface area contributed by atoms with Crippen LogP contribution in [0.1, 0.15) is 40.0 Å². The molecule has 24 heavy (non-hydrogen) atoms. The highest BCUT2D eigenvalue weighted by Crippen LogP contribution is 2.28. The monoisotopic (exact) mass is 452 g/mol. The minimum absolute atomic E-state index is 0. The number of guanidine groups is 1. The molecule has 2 aliphatic heterocycles. The van der Waals surface area contributed by atoms with Crippen LogP contribution in [0.5, 0.6) is 0 Å². The maximum absolute atomic E-state index is 5.17. The Morgan fingerprint density at radius 2 is 1.96 bits per heavy atom. The molecule has 0 radical (unpaired) electrons. The lowest BCUT2D eigenvalue weighted by molar-refractivity contribution is 0.121. The minimum Gasteiger partial charge on any atom is -0.383 e. The quantitative estimate of drug-likeness (QED) is 0.382. The van der Waals surface area contributed by atoms with Crippen molar-refractivity contribution in [2.45, 2.75) is 40.0 Å². The smallest absolute Gasteiger partial charge is 0.193 e. The van der Waals surface area contributed by atoms with E-state index in [1.807, 2.05) is 0 Å². The zero-order valence-corrected chi connectivity index (χ0v) is 18.3. The molecule has 0 unspecified atom stereocenters. The van der Waals surface area contributed by atoms with E-state index < -0.39 is 0 Å². The molecule has 2 heterocycles. The summed E-state index contributed by atoms with van der Waals surface area (Å²) in [4.78, 5) is 9.91. The van der Waals surface area contributed by atoms with E-state index in [4.69, 9.17) is 9.73 Å². The number of halogens is 1. The maximum atomic E-state index is 5.17. The lowest BCUT2D eigenvalue weighted by atomic mass is 9.93. The Bertz CT molecular complexity index is 381. The number of aliphatic imine (C=N–C) groups is 1. The van der Waals surface area contributed by atoms with Crippen LogP contribution < -0.4 is 5.32 Å². The van der Waals surface area contributed by atoms with Crippen molar-refractivity contribution in [2.24, 2.45) is 16.3 Å². The van der Waals surface area contributed by atoms with Gasteiger partial charge in [0.05, 0.1) is 6.61 Å². The Balaban J connectivity index is 0.00000288. The third-order valence-electron chi connectivity index (χ3n) is 5.13. The van der Waals surface area contributed by atoms with Crippen LogP contribution in [0, 0.1) is 11.3 Å². The minimum atomic E-state index is 0. The predicted molar refractivity (Wildman–Crippen MR) is 112 cm³/mol. The number of ether oxygens (including phenoxy) is 1. The fraction of sp³-hybridized carbons (Fsp3) is 0.944. The van der Waals surface area contributed by atoms with Crippen molar-refractivity contribution in [1.82, 2.24) is 15.1 Å². The molecule has 0 aliphatic carbocycles. The summed E-state index contributed by atoms with van der Waals surface area (Å²) in [5, 5.41) is 3.49. The van der Waals surface area contributed by atoms with Gasteiger partial charge in [0.15, 0.2) is 5.96 Å². The van der Waals surface area contributed by atoms with E-state index in [0.29, 0.717) is 5.41 Å². The fourth-order valence-corrected chi connectivity index (χ4v) is 3.55. The van der Waals surface area contributed by atoms with Gasteiger partial charge in [-0.15, -0.1) is 24.0 Å². The molecule has 2 rings (SSSR count). The van der Waals surface area contributed by atoms with E-state index in [-0.39, 0.29) is 24.0 Å². The number of rotatable bonds is 6. The number of likely N-dealkylation sites (tertiary alicyclic amines) is 2. The second-order valence-electron chi connectivity index (χ2n) is 7.81. The van der Waals surface area contributed by atoms with E-state index >= 15 is 0 Å². The molecular weight excluding hydrogens is 415 g/mol. The van der Waals surface area contributed by atoms with Gasteiger partial charge in [0.25, 0.3) is 0 Å². The fourth-order valence-electron chi connectivity index (χ4n) is 3.55. The van der Waals surface area contributed by atoms with Crippen LogP contribution in [0.25, 0.3) is 0 Å². The van der Waals surface area contributed by atoms with E-state index in [1.165, 1.54) is 32.4 Å². The summed E-state index contributed by atoms with van der Waals surface area (Å²) in [6, 6.07) is 0. The van der Waals surface area contributed by atoms with Gasteiger partial charge in [-0.05, 0) is 50.6 Å². The highest BCUT2D eigenvalue weighted by molar-refractivity contribution is 14.0. The largest absolute Gasteiger partial charge is 0.383 e. The van der Waals surface area contributed by atoms with Crippen LogP contribution in [-0.4, -0.2) is 75.3 Å². The Labute approximate surface area is 165 Å².